The van der Waals surface area contributed by atoms with Crippen LogP contribution in [0.25, 0.3) is 0 Å². The molecule has 0 bridgehead atoms. The van der Waals surface area contributed by atoms with Gasteiger partial charge in [-0.3, -0.25) is 0 Å². The zero-order valence-corrected chi connectivity index (χ0v) is 12.0. The summed E-state index contributed by atoms with van der Waals surface area (Å²) < 4.78 is 0. The molecule has 2 aliphatic rings. The highest BCUT2D eigenvalue weighted by Crippen LogP contribution is 2.33. The third kappa shape index (κ3) is 2.97. The molecule has 18 heavy (non-hydrogen) atoms. The lowest BCUT2D eigenvalue weighted by molar-refractivity contribution is 0.188. The molecule has 2 N–H and O–H groups in total. The van der Waals surface area contributed by atoms with E-state index in [1.54, 1.807) is 0 Å². The lowest BCUT2D eigenvalue weighted by Crippen LogP contribution is -2.38. The van der Waals surface area contributed by atoms with Gasteiger partial charge in [-0.15, -0.1) is 0 Å². The van der Waals surface area contributed by atoms with Crippen molar-refractivity contribution in [3.05, 3.63) is 0 Å². The van der Waals surface area contributed by atoms with Crippen molar-refractivity contribution >= 4 is 6.03 Å². The maximum atomic E-state index is 12.2. The summed E-state index contributed by atoms with van der Waals surface area (Å²) in [6, 6.07) is 0.622. The quantitative estimate of drug-likeness (QED) is 0.833. The highest BCUT2D eigenvalue weighted by atomic mass is 16.2. The Morgan fingerprint density at radius 1 is 1.33 bits per heavy atom. The van der Waals surface area contributed by atoms with Crippen LogP contribution in [0.15, 0.2) is 0 Å². The summed E-state index contributed by atoms with van der Waals surface area (Å²) in [7, 11) is 1.96. The molecule has 2 amide bonds. The highest BCUT2D eigenvalue weighted by molar-refractivity contribution is 5.77. The fourth-order valence-corrected chi connectivity index (χ4v) is 3.21. The summed E-state index contributed by atoms with van der Waals surface area (Å²) >= 11 is 0. The van der Waals surface area contributed by atoms with E-state index in [1.807, 2.05) is 30.7 Å². The van der Waals surface area contributed by atoms with E-state index in [4.69, 9.17) is 5.73 Å². The predicted octanol–water partition coefficient (Wildman–Crippen LogP) is 2.04. The molecule has 0 aromatic heterocycles. The molecule has 4 nitrogen and oxygen atoms in total. The molecule has 1 heterocycles. The van der Waals surface area contributed by atoms with Crippen LogP contribution in [0.3, 0.4) is 0 Å². The van der Waals surface area contributed by atoms with Crippen molar-refractivity contribution in [3.63, 3.8) is 0 Å². The molecule has 104 valence electrons. The third-order valence-electron chi connectivity index (χ3n) is 4.45. The molecule has 1 aliphatic carbocycles. The molecule has 2 fully saturated rings. The molecule has 1 aliphatic heterocycles. The number of nitrogens with zero attached hydrogens (tertiary/aromatic N) is 2. The molecule has 2 rings (SSSR count). The van der Waals surface area contributed by atoms with Crippen LogP contribution in [0.5, 0.6) is 0 Å². The average Bonchev–Trinajstić information content (AvgIpc) is 2.87. The van der Waals surface area contributed by atoms with Crippen molar-refractivity contribution in [1.82, 2.24) is 9.80 Å². The second-order valence-electron chi connectivity index (χ2n) is 6.69. The van der Waals surface area contributed by atoms with E-state index < -0.39 is 0 Å². The first-order valence-electron chi connectivity index (χ1n) is 7.19. The first-order chi connectivity index (χ1) is 8.38. The van der Waals surface area contributed by atoms with E-state index in [2.05, 4.69) is 0 Å². The van der Waals surface area contributed by atoms with Gasteiger partial charge in [-0.05, 0) is 39.0 Å². The molecule has 1 saturated carbocycles. The van der Waals surface area contributed by atoms with Crippen molar-refractivity contribution in [1.29, 1.82) is 0 Å². The van der Waals surface area contributed by atoms with Gasteiger partial charge in [-0.2, -0.15) is 0 Å². The largest absolute Gasteiger partial charge is 0.325 e. The number of hydrogen-bond donors (Lipinski definition) is 1. The summed E-state index contributed by atoms with van der Waals surface area (Å²) in [5.74, 6) is 0.717. The number of likely N-dealkylation sites (N-methyl/N-ethyl adjacent to an activating group) is 1. The van der Waals surface area contributed by atoms with Gasteiger partial charge in [0.25, 0.3) is 0 Å². The standard InChI is InChI=1S/C14H27N3O/c1-14(2,15)8-9-17-10-12(16(3)13(17)18)11-6-4-5-7-11/h11-12H,4-10,15H2,1-3H3. The van der Waals surface area contributed by atoms with Crippen LogP contribution >= 0.6 is 0 Å². The van der Waals surface area contributed by atoms with E-state index in [-0.39, 0.29) is 11.6 Å². The van der Waals surface area contributed by atoms with Gasteiger partial charge < -0.3 is 15.5 Å². The fraction of sp³-hybridized carbons (Fsp3) is 0.929. The van der Waals surface area contributed by atoms with Gasteiger partial charge in [0.15, 0.2) is 0 Å². The number of hydrogen-bond acceptors (Lipinski definition) is 2. The molecule has 1 atom stereocenters. The highest BCUT2D eigenvalue weighted by Gasteiger charge is 2.39. The van der Waals surface area contributed by atoms with E-state index in [9.17, 15) is 4.79 Å². The number of carbonyl (C=O) groups is 1. The maximum Gasteiger partial charge on any atom is 0.320 e. The molecule has 4 heteroatoms. The number of rotatable bonds is 4. The smallest absolute Gasteiger partial charge is 0.320 e. The minimum absolute atomic E-state index is 0.190. The van der Waals surface area contributed by atoms with Gasteiger partial charge in [0.2, 0.25) is 0 Å². The maximum absolute atomic E-state index is 12.2. The zero-order valence-electron chi connectivity index (χ0n) is 12.0. The molecule has 0 spiro atoms. The van der Waals surface area contributed by atoms with Gasteiger partial charge in [-0.1, -0.05) is 12.8 Å². The molecule has 1 unspecified atom stereocenters. The number of urea groups is 1. The Morgan fingerprint density at radius 3 is 2.50 bits per heavy atom. The van der Waals surface area contributed by atoms with Crippen LogP contribution in [0.4, 0.5) is 4.79 Å². The number of amides is 2. The summed E-state index contributed by atoms with van der Waals surface area (Å²) in [6.45, 7) is 5.73. The van der Waals surface area contributed by atoms with E-state index in [0.29, 0.717) is 6.04 Å². The Balaban J connectivity index is 1.92. The van der Waals surface area contributed by atoms with Gasteiger partial charge in [0.1, 0.15) is 0 Å². The summed E-state index contributed by atoms with van der Waals surface area (Å²) in [5.41, 5.74) is 5.81. The Bertz CT molecular complexity index is 305. The Kier molecular flexibility index (Phi) is 3.85. The van der Waals surface area contributed by atoms with Crippen LogP contribution in [0.1, 0.15) is 46.0 Å². The monoisotopic (exact) mass is 253 g/mol. The van der Waals surface area contributed by atoms with Gasteiger partial charge >= 0.3 is 6.03 Å². The van der Waals surface area contributed by atoms with Crippen molar-refractivity contribution in [2.75, 3.05) is 20.1 Å². The minimum Gasteiger partial charge on any atom is -0.325 e. The normalized spacial score (nSPS) is 26.4. The predicted molar refractivity (Wildman–Crippen MR) is 73.4 cm³/mol. The Morgan fingerprint density at radius 2 is 1.94 bits per heavy atom. The Labute approximate surface area is 110 Å². The topological polar surface area (TPSA) is 49.6 Å². The lowest BCUT2D eigenvalue weighted by atomic mass is 9.97. The van der Waals surface area contributed by atoms with Gasteiger partial charge in [-0.25, -0.2) is 4.79 Å². The third-order valence-corrected chi connectivity index (χ3v) is 4.45. The molecular formula is C14H27N3O. The average molecular weight is 253 g/mol. The van der Waals surface area contributed by atoms with Crippen molar-refractivity contribution < 1.29 is 4.79 Å². The minimum atomic E-state index is -0.190. The molecule has 1 saturated heterocycles. The summed E-state index contributed by atoms with van der Waals surface area (Å²) in [6.07, 6.45) is 6.11. The molecule has 0 aromatic rings. The number of nitrogens with two attached hydrogens (primary N) is 1. The fourth-order valence-electron chi connectivity index (χ4n) is 3.21. The van der Waals surface area contributed by atoms with Gasteiger partial charge in [0.05, 0.1) is 6.04 Å². The molecule has 0 aromatic carbocycles. The second-order valence-corrected chi connectivity index (χ2v) is 6.69. The van der Waals surface area contributed by atoms with Crippen molar-refractivity contribution in [3.8, 4) is 0 Å². The lowest BCUT2D eigenvalue weighted by Gasteiger charge is -2.23. The SMILES string of the molecule is CN1C(=O)N(CCC(C)(C)N)CC1C1CCCC1. The van der Waals surface area contributed by atoms with Crippen molar-refractivity contribution in [2.24, 2.45) is 11.7 Å². The van der Waals surface area contributed by atoms with E-state index in [0.717, 1.165) is 25.4 Å². The number of carbonyl (C=O) groups excluding carboxylic acids is 1. The Hall–Kier alpha value is -0.770. The molecule has 0 radical (unpaired) electrons. The van der Waals surface area contributed by atoms with Crippen LogP contribution in [0, 0.1) is 5.92 Å². The van der Waals surface area contributed by atoms with Crippen LogP contribution < -0.4 is 5.73 Å². The van der Waals surface area contributed by atoms with Gasteiger partial charge in [0, 0.05) is 25.7 Å². The summed E-state index contributed by atoms with van der Waals surface area (Å²) in [4.78, 5) is 16.1. The van der Waals surface area contributed by atoms with E-state index >= 15 is 0 Å². The second kappa shape index (κ2) is 5.08. The zero-order chi connectivity index (χ0) is 13.3. The van der Waals surface area contributed by atoms with Crippen LogP contribution in [-0.2, 0) is 0 Å². The first-order valence-corrected chi connectivity index (χ1v) is 7.19. The summed E-state index contributed by atoms with van der Waals surface area (Å²) in [5, 5.41) is 0. The van der Waals surface area contributed by atoms with Crippen LogP contribution in [-0.4, -0.2) is 47.5 Å². The van der Waals surface area contributed by atoms with Crippen molar-refractivity contribution in [2.45, 2.75) is 57.5 Å². The first kappa shape index (κ1) is 13.7. The van der Waals surface area contributed by atoms with E-state index in [1.165, 1.54) is 25.7 Å². The molecular weight excluding hydrogens is 226 g/mol. The van der Waals surface area contributed by atoms with Crippen LogP contribution in [0.2, 0.25) is 0 Å².